The summed E-state index contributed by atoms with van der Waals surface area (Å²) in [6.45, 7) is 9.78. The number of rotatable bonds is 4. The number of halogens is 2. The fourth-order valence-corrected chi connectivity index (χ4v) is 3.63. The van der Waals surface area contributed by atoms with Crippen molar-refractivity contribution in [2.75, 3.05) is 5.32 Å². The molecule has 1 N–H and O–H groups in total. The summed E-state index contributed by atoms with van der Waals surface area (Å²) in [6.07, 6.45) is 0. The minimum Gasteiger partial charge on any atom is -0.319 e. The van der Waals surface area contributed by atoms with E-state index < -0.39 is 17.5 Å². The van der Waals surface area contributed by atoms with Gasteiger partial charge >= 0.3 is 0 Å². The summed E-state index contributed by atoms with van der Waals surface area (Å²) in [5.41, 5.74) is 5.74. The minimum absolute atomic E-state index is 0.126. The summed E-state index contributed by atoms with van der Waals surface area (Å²) in [5.74, 6) is -2.53. The lowest BCUT2D eigenvalue weighted by molar-refractivity contribution is 0.0995. The molecule has 0 saturated heterocycles. The molecule has 0 aliphatic heterocycles. The molecular weight excluding hydrogens is 384 g/mol. The quantitative estimate of drug-likeness (QED) is 0.540. The number of benzene rings is 3. The number of nitrogens with one attached hydrogen (secondary N) is 1. The molecule has 0 unspecified atom stereocenters. The summed E-state index contributed by atoms with van der Waals surface area (Å²) >= 11 is 0. The van der Waals surface area contributed by atoms with Crippen molar-refractivity contribution in [3.8, 4) is 0 Å². The Morgan fingerprint density at radius 1 is 0.733 bits per heavy atom. The predicted molar refractivity (Wildman–Crippen MR) is 114 cm³/mol. The van der Waals surface area contributed by atoms with Gasteiger partial charge in [-0.1, -0.05) is 18.2 Å². The average Bonchev–Trinajstić information content (AvgIpc) is 2.72. The van der Waals surface area contributed by atoms with Gasteiger partial charge in [-0.15, -0.1) is 0 Å². The zero-order valence-corrected chi connectivity index (χ0v) is 17.6. The molecule has 0 atom stereocenters. The SMILES string of the molecule is Cc1c(C)c(C)c(C(=O)c2ccccc2C(=O)Nc2ccc(F)cc2F)c(C)c1C. The third-order valence-corrected chi connectivity index (χ3v) is 5.82. The molecule has 30 heavy (non-hydrogen) atoms. The second-order valence-electron chi connectivity index (χ2n) is 7.45. The van der Waals surface area contributed by atoms with Crippen LogP contribution in [-0.4, -0.2) is 11.7 Å². The second kappa shape index (κ2) is 8.19. The first kappa shape index (κ1) is 21.4. The van der Waals surface area contributed by atoms with Gasteiger partial charge in [0.2, 0.25) is 0 Å². The van der Waals surface area contributed by atoms with Gasteiger partial charge in [0.15, 0.2) is 5.78 Å². The van der Waals surface area contributed by atoms with Crippen molar-refractivity contribution < 1.29 is 18.4 Å². The maximum absolute atomic E-state index is 14.0. The summed E-state index contributed by atoms with van der Waals surface area (Å²) in [5, 5.41) is 2.43. The van der Waals surface area contributed by atoms with Crippen LogP contribution in [0.1, 0.15) is 54.1 Å². The molecule has 5 heteroatoms. The van der Waals surface area contributed by atoms with Gasteiger partial charge < -0.3 is 5.32 Å². The summed E-state index contributed by atoms with van der Waals surface area (Å²) in [6, 6.07) is 9.31. The lowest BCUT2D eigenvalue weighted by Crippen LogP contribution is -2.19. The Kier molecular flexibility index (Phi) is 5.83. The van der Waals surface area contributed by atoms with Crippen molar-refractivity contribution in [1.29, 1.82) is 0 Å². The Morgan fingerprint density at radius 2 is 1.27 bits per heavy atom. The zero-order chi connectivity index (χ0) is 22.2. The van der Waals surface area contributed by atoms with Crippen LogP contribution < -0.4 is 5.32 Å². The summed E-state index contributed by atoms with van der Waals surface area (Å²) < 4.78 is 27.1. The minimum atomic E-state index is -0.886. The number of hydrogen-bond donors (Lipinski definition) is 1. The van der Waals surface area contributed by atoms with Crippen LogP contribution in [0, 0.1) is 46.3 Å². The maximum atomic E-state index is 14.0. The molecule has 154 valence electrons. The van der Waals surface area contributed by atoms with E-state index in [0.717, 1.165) is 39.9 Å². The van der Waals surface area contributed by atoms with E-state index in [0.29, 0.717) is 11.6 Å². The highest BCUT2D eigenvalue weighted by atomic mass is 19.1. The van der Waals surface area contributed by atoms with Crippen LogP contribution in [0.4, 0.5) is 14.5 Å². The predicted octanol–water partition coefficient (Wildman–Crippen LogP) is 5.99. The Morgan fingerprint density at radius 3 is 1.83 bits per heavy atom. The van der Waals surface area contributed by atoms with Crippen molar-refractivity contribution in [3.05, 3.63) is 98.6 Å². The van der Waals surface area contributed by atoms with Crippen molar-refractivity contribution in [1.82, 2.24) is 0 Å². The Balaban J connectivity index is 2.06. The van der Waals surface area contributed by atoms with Crippen molar-refractivity contribution in [2.45, 2.75) is 34.6 Å². The fourth-order valence-electron chi connectivity index (χ4n) is 3.63. The van der Waals surface area contributed by atoms with E-state index in [2.05, 4.69) is 5.32 Å². The molecule has 3 rings (SSSR count). The average molecular weight is 407 g/mol. The topological polar surface area (TPSA) is 46.2 Å². The van der Waals surface area contributed by atoms with Crippen LogP contribution in [0.25, 0.3) is 0 Å². The monoisotopic (exact) mass is 407 g/mol. The lowest BCUT2D eigenvalue weighted by Gasteiger charge is -2.19. The molecule has 0 bridgehead atoms. The molecule has 0 fully saturated rings. The number of ketones is 1. The van der Waals surface area contributed by atoms with Crippen LogP contribution in [0.2, 0.25) is 0 Å². The highest BCUT2D eigenvalue weighted by molar-refractivity contribution is 6.18. The number of anilines is 1. The molecule has 3 aromatic carbocycles. The van der Waals surface area contributed by atoms with Crippen LogP contribution in [-0.2, 0) is 0 Å². The van der Waals surface area contributed by atoms with E-state index in [1.807, 2.05) is 34.6 Å². The van der Waals surface area contributed by atoms with Crippen LogP contribution in [0.3, 0.4) is 0 Å². The van der Waals surface area contributed by atoms with Crippen LogP contribution >= 0.6 is 0 Å². The summed E-state index contributed by atoms with van der Waals surface area (Å²) in [7, 11) is 0. The third kappa shape index (κ3) is 3.75. The van der Waals surface area contributed by atoms with Gasteiger partial charge in [-0.3, -0.25) is 9.59 Å². The highest BCUT2D eigenvalue weighted by Gasteiger charge is 2.24. The lowest BCUT2D eigenvalue weighted by atomic mass is 9.85. The molecule has 0 spiro atoms. The maximum Gasteiger partial charge on any atom is 0.256 e. The zero-order valence-electron chi connectivity index (χ0n) is 17.6. The molecule has 0 aliphatic carbocycles. The van der Waals surface area contributed by atoms with Crippen LogP contribution in [0.15, 0.2) is 42.5 Å². The van der Waals surface area contributed by atoms with Crippen molar-refractivity contribution in [3.63, 3.8) is 0 Å². The molecule has 3 nitrogen and oxygen atoms in total. The van der Waals surface area contributed by atoms with Gasteiger partial charge in [-0.25, -0.2) is 8.78 Å². The van der Waals surface area contributed by atoms with Gasteiger partial charge in [0, 0.05) is 17.2 Å². The van der Waals surface area contributed by atoms with E-state index in [4.69, 9.17) is 0 Å². The number of carbonyl (C=O) groups excluding carboxylic acids is 2. The Bertz CT molecular complexity index is 1150. The number of amides is 1. The van der Waals surface area contributed by atoms with E-state index in [1.165, 1.54) is 6.07 Å². The van der Waals surface area contributed by atoms with Gasteiger partial charge in [-0.2, -0.15) is 0 Å². The largest absolute Gasteiger partial charge is 0.319 e. The molecule has 0 aromatic heterocycles. The van der Waals surface area contributed by atoms with E-state index in [-0.39, 0.29) is 22.6 Å². The van der Waals surface area contributed by atoms with E-state index in [9.17, 15) is 18.4 Å². The Labute approximate surface area is 174 Å². The van der Waals surface area contributed by atoms with Crippen molar-refractivity contribution >= 4 is 17.4 Å². The molecular formula is C25H23F2NO2. The van der Waals surface area contributed by atoms with Crippen LogP contribution in [0.5, 0.6) is 0 Å². The number of hydrogen-bond acceptors (Lipinski definition) is 2. The smallest absolute Gasteiger partial charge is 0.256 e. The van der Waals surface area contributed by atoms with E-state index >= 15 is 0 Å². The molecule has 1 amide bonds. The first-order valence-corrected chi connectivity index (χ1v) is 9.60. The van der Waals surface area contributed by atoms with Gasteiger partial charge in [-0.05, 0) is 80.6 Å². The molecule has 0 aliphatic rings. The van der Waals surface area contributed by atoms with Gasteiger partial charge in [0.25, 0.3) is 5.91 Å². The molecule has 0 saturated carbocycles. The highest BCUT2D eigenvalue weighted by Crippen LogP contribution is 2.29. The molecule has 0 radical (unpaired) electrons. The number of carbonyl (C=O) groups is 2. The molecule has 3 aromatic rings. The van der Waals surface area contributed by atoms with Crippen molar-refractivity contribution in [2.24, 2.45) is 0 Å². The standard InChI is InChI=1S/C25H23F2NO2/c1-13-14(2)16(4)23(17(5)15(13)3)24(29)19-8-6-7-9-20(19)25(30)28-22-11-10-18(26)12-21(22)27/h6-12H,1-5H3,(H,28,30). The molecule has 0 heterocycles. The Hall–Kier alpha value is -3.34. The third-order valence-electron chi connectivity index (χ3n) is 5.82. The fraction of sp³-hybridized carbons (Fsp3) is 0.200. The van der Waals surface area contributed by atoms with Gasteiger partial charge in [0.1, 0.15) is 11.6 Å². The normalized spacial score (nSPS) is 10.8. The van der Waals surface area contributed by atoms with Gasteiger partial charge in [0.05, 0.1) is 11.3 Å². The van der Waals surface area contributed by atoms with E-state index in [1.54, 1.807) is 18.2 Å². The summed E-state index contributed by atoms with van der Waals surface area (Å²) in [4.78, 5) is 26.3. The second-order valence-corrected chi connectivity index (χ2v) is 7.45. The first-order valence-electron chi connectivity index (χ1n) is 9.60. The first-order chi connectivity index (χ1) is 14.1.